The fourth-order valence-corrected chi connectivity index (χ4v) is 6.52. The van der Waals surface area contributed by atoms with Gasteiger partial charge in [-0.3, -0.25) is 13.9 Å². The molecule has 4 aromatic carbocycles. The molecular formula is C33H34ClN3O4S. The zero-order chi connectivity index (χ0) is 30.1. The fraction of sp³-hybridized carbons (Fsp3) is 0.212. The third-order valence-corrected chi connectivity index (χ3v) is 9.02. The second-order valence-electron chi connectivity index (χ2n) is 9.78. The lowest BCUT2D eigenvalue weighted by atomic mass is 10.0. The molecule has 4 rings (SSSR count). The predicted molar refractivity (Wildman–Crippen MR) is 167 cm³/mol. The summed E-state index contributed by atoms with van der Waals surface area (Å²) in [5, 5.41) is 3.18. The monoisotopic (exact) mass is 603 g/mol. The molecule has 0 aliphatic heterocycles. The average molecular weight is 604 g/mol. The number of carbonyl (C=O) groups is 2. The van der Waals surface area contributed by atoms with E-state index in [-0.39, 0.29) is 23.8 Å². The number of carbonyl (C=O) groups excluding carboxylic acids is 2. The van der Waals surface area contributed by atoms with Crippen molar-refractivity contribution in [3.8, 4) is 0 Å². The predicted octanol–water partition coefficient (Wildman–Crippen LogP) is 5.48. The number of rotatable bonds is 12. The second-order valence-corrected chi connectivity index (χ2v) is 12.1. The highest BCUT2D eigenvalue weighted by atomic mass is 35.5. The van der Waals surface area contributed by atoms with Crippen molar-refractivity contribution in [1.29, 1.82) is 0 Å². The summed E-state index contributed by atoms with van der Waals surface area (Å²) >= 11 is 6.26. The molecule has 4 aromatic rings. The highest BCUT2D eigenvalue weighted by Crippen LogP contribution is 2.28. The Kier molecular flexibility index (Phi) is 10.4. The van der Waals surface area contributed by atoms with Crippen LogP contribution in [0.1, 0.15) is 23.6 Å². The molecule has 1 N–H and O–H groups in total. The van der Waals surface area contributed by atoms with Crippen molar-refractivity contribution in [2.75, 3.05) is 17.9 Å². The summed E-state index contributed by atoms with van der Waals surface area (Å²) in [6.07, 6.45) is 0.802. The van der Waals surface area contributed by atoms with Gasteiger partial charge in [0.15, 0.2) is 0 Å². The summed E-state index contributed by atoms with van der Waals surface area (Å²) < 4.78 is 29.3. The molecule has 1 atom stereocenters. The van der Waals surface area contributed by atoms with Crippen LogP contribution in [0.5, 0.6) is 0 Å². The lowest BCUT2D eigenvalue weighted by molar-refractivity contribution is -0.139. The Morgan fingerprint density at radius 1 is 0.833 bits per heavy atom. The van der Waals surface area contributed by atoms with Crippen molar-refractivity contribution in [3.63, 3.8) is 0 Å². The van der Waals surface area contributed by atoms with Gasteiger partial charge in [-0.1, -0.05) is 97.4 Å². The average Bonchev–Trinajstić information content (AvgIpc) is 3.02. The minimum Gasteiger partial charge on any atom is -0.357 e. The van der Waals surface area contributed by atoms with Gasteiger partial charge in [0.05, 0.1) is 10.6 Å². The summed E-state index contributed by atoms with van der Waals surface area (Å²) in [6, 6.07) is 30.7. The van der Waals surface area contributed by atoms with Crippen LogP contribution in [0.25, 0.3) is 0 Å². The van der Waals surface area contributed by atoms with Gasteiger partial charge in [0.1, 0.15) is 12.6 Å². The minimum absolute atomic E-state index is 0.0545. The number of para-hydroxylation sites is 1. The number of nitrogens with one attached hydrogen (secondary N) is 1. The van der Waals surface area contributed by atoms with Crippen molar-refractivity contribution >= 4 is 39.1 Å². The molecule has 0 aliphatic carbocycles. The highest BCUT2D eigenvalue weighted by molar-refractivity contribution is 7.92. The topological polar surface area (TPSA) is 86.8 Å². The molecule has 2 amide bonds. The molecular weight excluding hydrogens is 570 g/mol. The zero-order valence-electron chi connectivity index (χ0n) is 23.6. The van der Waals surface area contributed by atoms with Crippen LogP contribution in [0.2, 0.25) is 5.02 Å². The lowest BCUT2D eigenvalue weighted by Crippen LogP contribution is -2.53. The third-order valence-electron chi connectivity index (χ3n) is 7.01. The maximum absolute atomic E-state index is 14.4. The summed E-state index contributed by atoms with van der Waals surface area (Å²) in [6.45, 7) is 1.48. The van der Waals surface area contributed by atoms with Gasteiger partial charge in [0.2, 0.25) is 11.8 Å². The van der Waals surface area contributed by atoms with E-state index >= 15 is 0 Å². The third kappa shape index (κ3) is 7.38. The Balaban J connectivity index is 1.81. The first-order chi connectivity index (χ1) is 20.2. The van der Waals surface area contributed by atoms with Crippen molar-refractivity contribution in [2.24, 2.45) is 0 Å². The van der Waals surface area contributed by atoms with Crippen LogP contribution in [0.4, 0.5) is 5.69 Å². The van der Waals surface area contributed by atoms with Gasteiger partial charge < -0.3 is 10.2 Å². The van der Waals surface area contributed by atoms with Crippen LogP contribution in [0, 0.1) is 0 Å². The number of sulfonamides is 1. The van der Waals surface area contributed by atoms with Crippen LogP contribution in [0.15, 0.2) is 114 Å². The molecule has 0 bridgehead atoms. The second kappa shape index (κ2) is 14.2. The summed E-state index contributed by atoms with van der Waals surface area (Å²) in [7, 11) is -2.62. The van der Waals surface area contributed by atoms with E-state index in [4.69, 9.17) is 11.6 Å². The van der Waals surface area contributed by atoms with Gasteiger partial charge in [-0.25, -0.2) is 8.42 Å². The van der Waals surface area contributed by atoms with E-state index in [1.54, 1.807) is 48.5 Å². The number of likely N-dealkylation sites (N-methyl/N-ethyl adjacent to an activating group) is 1. The molecule has 0 fully saturated rings. The molecule has 0 saturated carbocycles. The van der Waals surface area contributed by atoms with Gasteiger partial charge in [0, 0.05) is 25.0 Å². The van der Waals surface area contributed by atoms with Crippen molar-refractivity contribution in [3.05, 3.63) is 131 Å². The maximum Gasteiger partial charge on any atom is 0.264 e. The first-order valence-electron chi connectivity index (χ1n) is 13.7. The minimum atomic E-state index is -4.14. The molecule has 9 heteroatoms. The number of aryl methyl sites for hydroxylation is 1. The summed E-state index contributed by atoms with van der Waals surface area (Å²) in [5.74, 6) is -0.884. The zero-order valence-corrected chi connectivity index (χ0v) is 25.2. The molecule has 0 spiro atoms. The van der Waals surface area contributed by atoms with Crippen molar-refractivity contribution in [1.82, 2.24) is 10.2 Å². The summed E-state index contributed by atoms with van der Waals surface area (Å²) in [5.41, 5.74) is 2.77. The van der Waals surface area contributed by atoms with E-state index in [2.05, 4.69) is 5.32 Å². The van der Waals surface area contributed by atoms with Gasteiger partial charge in [0.25, 0.3) is 10.0 Å². The van der Waals surface area contributed by atoms with E-state index < -0.39 is 28.5 Å². The molecule has 0 heterocycles. The first kappa shape index (κ1) is 30.8. The molecule has 218 valence electrons. The Labute approximate surface area is 252 Å². The normalized spacial score (nSPS) is 11.9. The van der Waals surface area contributed by atoms with Gasteiger partial charge >= 0.3 is 0 Å². The van der Waals surface area contributed by atoms with Crippen LogP contribution in [-0.4, -0.2) is 44.8 Å². The molecule has 0 unspecified atom stereocenters. The quantitative estimate of drug-likeness (QED) is 0.232. The van der Waals surface area contributed by atoms with Crippen LogP contribution >= 0.6 is 11.6 Å². The number of nitrogens with zero attached hydrogens (tertiary/aromatic N) is 2. The highest BCUT2D eigenvalue weighted by Gasteiger charge is 2.34. The largest absolute Gasteiger partial charge is 0.357 e. The number of benzene rings is 4. The standard InChI is InChI=1S/C33H34ClN3O4S/c1-3-27-16-10-11-20-30(27)37(42(40,41)29-18-8-5-9-19-29)24-32(38)36(23-26-15-12-17-28(34)21-26)31(33(39)35-2)22-25-13-6-4-7-14-25/h4-21,31H,3,22-24H2,1-2H3,(H,35,39)/t31-/m1/s1. The molecule has 0 saturated heterocycles. The number of hydrogen-bond donors (Lipinski definition) is 1. The molecule has 42 heavy (non-hydrogen) atoms. The summed E-state index contributed by atoms with van der Waals surface area (Å²) in [4.78, 5) is 29.2. The Morgan fingerprint density at radius 3 is 2.10 bits per heavy atom. The smallest absolute Gasteiger partial charge is 0.264 e. The number of anilines is 1. The van der Waals surface area contributed by atoms with E-state index in [0.29, 0.717) is 22.7 Å². The van der Waals surface area contributed by atoms with E-state index in [1.165, 1.54) is 24.1 Å². The number of halogens is 1. The van der Waals surface area contributed by atoms with Crippen LogP contribution < -0.4 is 9.62 Å². The van der Waals surface area contributed by atoms with E-state index in [9.17, 15) is 18.0 Å². The van der Waals surface area contributed by atoms with Crippen LogP contribution in [0.3, 0.4) is 0 Å². The van der Waals surface area contributed by atoms with Gasteiger partial charge in [-0.05, 0) is 53.4 Å². The van der Waals surface area contributed by atoms with E-state index in [0.717, 1.165) is 15.4 Å². The lowest BCUT2D eigenvalue weighted by Gasteiger charge is -2.34. The molecule has 0 aliphatic rings. The molecule has 0 radical (unpaired) electrons. The first-order valence-corrected chi connectivity index (χ1v) is 15.5. The Bertz CT molecular complexity index is 1610. The molecule has 0 aromatic heterocycles. The SMILES string of the molecule is CCc1ccccc1N(CC(=O)N(Cc1cccc(Cl)c1)[C@H](Cc1ccccc1)C(=O)NC)S(=O)(=O)c1ccccc1. The fourth-order valence-electron chi connectivity index (χ4n) is 4.84. The van der Waals surface area contributed by atoms with Gasteiger partial charge in [-0.15, -0.1) is 0 Å². The van der Waals surface area contributed by atoms with Crippen LogP contribution in [-0.2, 0) is 39.0 Å². The van der Waals surface area contributed by atoms with Crippen molar-refractivity contribution < 1.29 is 18.0 Å². The Hall–Kier alpha value is -4.14. The number of amides is 2. The molecule has 7 nitrogen and oxygen atoms in total. The Morgan fingerprint density at radius 2 is 1.45 bits per heavy atom. The maximum atomic E-state index is 14.4. The van der Waals surface area contributed by atoms with E-state index in [1.807, 2.05) is 55.5 Å². The van der Waals surface area contributed by atoms with Gasteiger partial charge in [-0.2, -0.15) is 0 Å². The van der Waals surface area contributed by atoms with Crippen molar-refractivity contribution in [2.45, 2.75) is 37.2 Å². The number of hydrogen-bond acceptors (Lipinski definition) is 4.